The molecule has 2 aromatic carbocycles. The third kappa shape index (κ3) is 3.78. The Hall–Kier alpha value is -0.910. The number of rotatable bonds is 4. The zero-order valence-corrected chi connectivity index (χ0v) is 13.2. The Balaban J connectivity index is 2.24. The highest BCUT2D eigenvalue weighted by Gasteiger charge is 2.13. The molecule has 0 fully saturated rings. The summed E-state index contributed by atoms with van der Waals surface area (Å²) in [5.41, 5.74) is 7.54. The van der Waals surface area contributed by atoms with Crippen LogP contribution in [0.2, 0.25) is 0 Å². The summed E-state index contributed by atoms with van der Waals surface area (Å²) in [6, 6.07) is 12.2. The molecule has 19 heavy (non-hydrogen) atoms. The first-order valence-electron chi connectivity index (χ1n) is 5.77. The van der Waals surface area contributed by atoms with E-state index >= 15 is 0 Å². The molecule has 0 bridgehead atoms. The van der Waals surface area contributed by atoms with Crippen molar-refractivity contribution in [3.8, 4) is 0 Å². The second kappa shape index (κ2) is 6.50. The molecule has 0 aliphatic heterocycles. The normalized spacial score (nSPS) is 12.2. The molecule has 2 aromatic rings. The topological polar surface area (TPSA) is 38.0 Å². The van der Waals surface area contributed by atoms with E-state index in [-0.39, 0.29) is 11.9 Å². The third-order valence-electron chi connectivity index (χ3n) is 2.75. The van der Waals surface area contributed by atoms with E-state index in [2.05, 4.69) is 37.2 Å². The summed E-state index contributed by atoms with van der Waals surface area (Å²) in [7, 11) is 0. The SMILES string of the molecule is NCC(Nc1ccc(Br)cc1)c1cc(F)ccc1Br. The van der Waals surface area contributed by atoms with Gasteiger partial charge in [0, 0.05) is 21.2 Å². The van der Waals surface area contributed by atoms with Crippen molar-refractivity contribution in [2.24, 2.45) is 5.73 Å². The maximum Gasteiger partial charge on any atom is 0.123 e. The number of benzene rings is 2. The van der Waals surface area contributed by atoms with Crippen LogP contribution in [0, 0.1) is 5.82 Å². The van der Waals surface area contributed by atoms with Crippen LogP contribution in [0.5, 0.6) is 0 Å². The van der Waals surface area contributed by atoms with Crippen LogP contribution in [0.25, 0.3) is 0 Å². The van der Waals surface area contributed by atoms with Gasteiger partial charge in [0.1, 0.15) is 5.82 Å². The van der Waals surface area contributed by atoms with E-state index in [1.54, 1.807) is 6.07 Å². The molecule has 3 N–H and O–H groups in total. The van der Waals surface area contributed by atoms with Crippen molar-refractivity contribution in [1.82, 2.24) is 0 Å². The summed E-state index contributed by atoms with van der Waals surface area (Å²) >= 11 is 6.81. The minimum Gasteiger partial charge on any atom is -0.377 e. The highest BCUT2D eigenvalue weighted by Crippen LogP contribution is 2.27. The first-order valence-corrected chi connectivity index (χ1v) is 7.36. The Labute approximate surface area is 128 Å². The highest BCUT2D eigenvalue weighted by atomic mass is 79.9. The fourth-order valence-electron chi connectivity index (χ4n) is 1.79. The lowest BCUT2D eigenvalue weighted by Crippen LogP contribution is -2.21. The number of halogens is 3. The van der Waals surface area contributed by atoms with Crippen LogP contribution in [-0.4, -0.2) is 6.54 Å². The molecule has 2 nitrogen and oxygen atoms in total. The van der Waals surface area contributed by atoms with Crippen molar-refractivity contribution in [3.63, 3.8) is 0 Å². The van der Waals surface area contributed by atoms with E-state index in [4.69, 9.17) is 5.73 Å². The van der Waals surface area contributed by atoms with Crippen molar-refractivity contribution in [3.05, 3.63) is 62.8 Å². The van der Waals surface area contributed by atoms with Crippen LogP contribution >= 0.6 is 31.9 Å². The van der Waals surface area contributed by atoms with Crippen LogP contribution in [0.3, 0.4) is 0 Å². The molecule has 2 rings (SSSR count). The lowest BCUT2D eigenvalue weighted by Gasteiger charge is -2.20. The zero-order valence-electron chi connectivity index (χ0n) is 10.0. The summed E-state index contributed by atoms with van der Waals surface area (Å²) in [4.78, 5) is 0. The molecule has 0 aliphatic carbocycles. The van der Waals surface area contributed by atoms with Gasteiger partial charge in [-0.25, -0.2) is 4.39 Å². The van der Waals surface area contributed by atoms with E-state index < -0.39 is 0 Å². The monoisotopic (exact) mass is 386 g/mol. The van der Waals surface area contributed by atoms with Crippen LogP contribution in [-0.2, 0) is 0 Å². The average Bonchev–Trinajstić information content (AvgIpc) is 2.41. The predicted molar refractivity (Wildman–Crippen MR) is 83.7 cm³/mol. The molecule has 0 heterocycles. The molecule has 0 saturated carbocycles. The number of hydrogen-bond acceptors (Lipinski definition) is 2. The lowest BCUT2D eigenvalue weighted by atomic mass is 10.1. The van der Waals surface area contributed by atoms with Crippen molar-refractivity contribution >= 4 is 37.5 Å². The van der Waals surface area contributed by atoms with Crippen molar-refractivity contribution < 1.29 is 4.39 Å². The number of nitrogens with two attached hydrogens (primary N) is 1. The summed E-state index contributed by atoms with van der Waals surface area (Å²) in [6.07, 6.45) is 0. The molecule has 1 unspecified atom stereocenters. The van der Waals surface area contributed by atoms with Gasteiger partial charge in [0.15, 0.2) is 0 Å². The van der Waals surface area contributed by atoms with Crippen LogP contribution in [0.4, 0.5) is 10.1 Å². The number of hydrogen-bond donors (Lipinski definition) is 2. The van der Waals surface area contributed by atoms with Gasteiger partial charge < -0.3 is 11.1 Å². The molecule has 0 amide bonds. The Morgan fingerprint density at radius 3 is 2.42 bits per heavy atom. The largest absolute Gasteiger partial charge is 0.377 e. The van der Waals surface area contributed by atoms with Gasteiger partial charge in [-0.1, -0.05) is 31.9 Å². The number of anilines is 1. The third-order valence-corrected chi connectivity index (χ3v) is 4.01. The van der Waals surface area contributed by atoms with Gasteiger partial charge in [0.25, 0.3) is 0 Å². The van der Waals surface area contributed by atoms with Gasteiger partial charge in [0.05, 0.1) is 6.04 Å². The lowest BCUT2D eigenvalue weighted by molar-refractivity contribution is 0.621. The van der Waals surface area contributed by atoms with Crippen molar-refractivity contribution in [2.45, 2.75) is 6.04 Å². The zero-order chi connectivity index (χ0) is 13.8. The molecular weight excluding hydrogens is 375 g/mol. The molecule has 5 heteroatoms. The summed E-state index contributed by atoms with van der Waals surface area (Å²) in [5.74, 6) is -0.269. The van der Waals surface area contributed by atoms with Gasteiger partial charge >= 0.3 is 0 Å². The van der Waals surface area contributed by atoms with Gasteiger partial charge in [0.2, 0.25) is 0 Å². The van der Waals surface area contributed by atoms with Crippen molar-refractivity contribution in [1.29, 1.82) is 0 Å². The first-order chi connectivity index (χ1) is 9.10. The fraction of sp³-hybridized carbons (Fsp3) is 0.143. The molecule has 0 aromatic heterocycles. The van der Waals surface area contributed by atoms with E-state index in [9.17, 15) is 4.39 Å². The van der Waals surface area contributed by atoms with Gasteiger partial charge in [-0.15, -0.1) is 0 Å². The van der Waals surface area contributed by atoms with Gasteiger partial charge in [-0.05, 0) is 48.0 Å². The maximum absolute atomic E-state index is 13.3. The Kier molecular flexibility index (Phi) is 4.96. The van der Waals surface area contributed by atoms with Crippen molar-refractivity contribution in [2.75, 3.05) is 11.9 Å². The van der Waals surface area contributed by atoms with Gasteiger partial charge in [-0.2, -0.15) is 0 Å². The minimum atomic E-state index is -0.269. The van der Waals surface area contributed by atoms with E-state index in [0.29, 0.717) is 6.54 Å². The fourth-order valence-corrected chi connectivity index (χ4v) is 2.58. The average molecular weight is 388 g/mol. The summed E-state index contributed by atoms with van der Waals surface area (Å²) in [5, 5.41) is 3.30. The molecule has 100 valence electrons. The Morgan fingerprint density at radius 2 is 1.79 bits per heavy atom. The Bertz CT molecular complexity index is 558. The standard InChI is InChI=1S/C14H13Br2FN2/c15-9-1-4-11(5-2-9)19-14(8-18)12-7-10(17)3-6-13(12)16/h1-7,14,19H,8,18H2. The molecule has 0 radical (unpaired) electrons. The number of nitrogens with one attached hydrogen (secondary N) is 1. The summed E-state index contributed by atoms with van der Waals surface area (Å²) < 4.78 is 15.2. The van der Waals surface area contributed by atoms with Crippen LogP contribution in [0.15, 0.2) is 51.4 Å². The van der Waals surface area contributed by atoms with Crippen LogP contribution < -0.4 is 11.1 Å². The molecular formula is C14H13Br2FN2. The second-order valence-corrected chi connectivity index (χ2v) is 5.88. The van der Waals surface area contributed by atoms with E-state index in [1.807, 2.05) is 24.3 Å². The first kappa shape index (κ1) is 14.5. The molecule has 1 atom stereocenters. The smallest absolute Gasteiger partial charge is 0.123 e. The quantitative estimate of drug-likeness (QED) is 0.812. The minimum absolute atomic E-state index is 0.147. The Morgan fingerprint density at radius 1 is 1.11 bits per heavy atom. The molecule has 0 spiro atoms. The molecule has 0 aliphatic rings. The van der Waals surface area contributed by atoms with E-state index in [1.165, 1.54) is 12.1 Å². The maximum atomic E-state index is 13.3. The second-order valence-electron chi connectivity index (χ2n) is 4.11. The summed E-state index contributed by atoms with van der Waals surface area (Å²) in [6.45, 7) is 0.373. The highest BCUT2D eigenvalue weighted by molar-refractivity contribution is 9.10. The predicted octanol–water partition coefficient (Wildman–Crippen LogP) is 4.46. The van der Waals surface area contributed by atoms with E-state index in [0.717, 1.165) is 20.2 Å². The molecule has 0 saturated heterocycles. The van der Waals surface area contributed by atoms with Crippen LogP contribution in [0.1, 0.15) is 11.6 Å². The van der Waals surface area contributed by atoms with Gasteiger partial charge in [-0.3, -0.25) is 0 Å².